The molecule has 1 saturated heterocycles. The predicted octanol–water partition coefficient (Wildman–Crippen LogP) is 3.44. The number of carbonyl (C=O) groups excluding carboxylic acids is 3. The second-order valence-corrected chi connectivity index (χ2v) is 7.78. The lowest BCUT2D eigenvalue weighted by Crippen LogP contribution is -2.36. The fourth-order valence-corrected chi connectivity index (χ4v) is 4.34. The molecule has 0 N–H and O–H groups in total. The zero-order valence-electron chi connectivity index (χ0n) is 16.5. The molecule has 6 heteroatoms. The fraction of sp³-hybridized carbons (Fsp3) is 0.333. The van der Waals surface area contributed by atoms with E-state index in [1.807, 2.05) is 42.5 Å². The highest BCUT2D eigenvalue weighted by Gasteiger charge is 2.48. The molecule has 4 rings (SSSR count). The Balaban J connectivity index is 1.35. The Hall–Kier alpha value is -3.46. The largest absolute Gasteiger partial charge is 0.459 e. The first-order valence-electron chi connectivity index (χ1n) is 10.2. The molecule has 0 radical (unpaired) electrons. The minimum absolute atomic E-state index is 0.0576. The van der Waals surface area contributed by atoms with Crippen LogP contribution in [0.15, 0.2) is 48.5 Å². The van der Waals surface area contributed by atoms with Crippen molar-refractivity contribution < 1.29 is 19.1 Å². The highest BCUT2D eigenvalue weighted by Crippen LogP contribution is 2.37. The van der Waals surface area contributed by atoms with Crippen LogP contribution in [0.3, 0.4) is 0 Å². The quantitative estimate of drug-likeness (QED) is 0.565. The summed E-state index contributed by atoms with van der Waals surface area (Å²) in [7, 11) is 0. The Bertz CT molecular complexity index is 998. The van der Waals surface area contributed by atoms with Crippen LogP contribution < -0.4 is 0 Å². The van der Waals surface area contributed by atoms with Crippen LogP contribution in [0.2, 0.25) is 0 Å². The number of esters is 1. The Morgan fingerprint density at radius 3 is 2.27 bits per heavy atom. The first kappa shape index (κ1) is 19.8. The van der Waals surface area contributed by atoms with Gasteiger partial charge in [-0.3, -0.25) is 19.3 Å². The Labute approximate surface area is 175 Å². The molecule has 2 atom stereocenters. The van der Waals surface area contributed by atoms with Crippen molar-refractivity contribution in [2.75, 3.05) is 6.54 Å². The van der Waals surface area contributed by atoms with E-state index >= 15 is 0 Å². The van der Waals surface area contributed by atoms with Crippen molar-refractivity contribution in [3.63, 3.8) is 0 Å². The van der Waals surface area contributed by atoms with Gasteiger partial charge in [-0.25, -0.2) is 0 Å². The van der Waals surface area contributed by atoms with Gasteiger partial charge >= 0.3 is 5.97 Å². The van der Waals surface area contributed by atoms with E-state index in [4.69, 9.17) is 4.74 Å². The Kier molecular flexibility index (Phi) is 5.62. The second kappa shape index (κ2) is 8.50. The van der Waals surface area contributed by atoms with E-state index in [1.54, 1.807) is 6.07 Å². The van der Waals surface area contributed by atoms with E-state index in [0.29, 0.717) is 5.56 Å². The molecule has 1 heterocycles. The number of amides is 2. The zero-order chi connectivity index (χ0) is 21.1. The van der Waals surface area contributed by atoms with Crippen LogP contribution in [0, 0.1) is 23.2 Å². The maximum Gasteiger partial charge on any atom is 0.326 e. The standard InChI is InChI=1S/C24H22N2O4/c25-13-18-5-1-2-6-19(18)17-11-9-16(10-12-17)15-30-22(27)14-26-23(28)20-7-3-4-8-21(20)24(26)29/h1-2,5-6,9-12,20-21H,3-4,7-8,14-15H2. The number of imide groups is 1. The molecule has 2 aromatic carbocycles. The lowest BCUT2D eigenvalue weighted by molar-refractivity contribution is -0.153. The number of nitrogens with zero attached hydrogens (tertiary/aromatic N) is 2. The summed E-state index contributed by atoms with van der Waals surface area (Å²) in [5.41, 5.74) is 3.13. The molecular formula is C24H22N2O4. The van der Waals surface area contributed by atoms with Gasteiger partial charge in [-0.1, -0.05) is 55.3 Å². The molecule has 0 bridgehead atoms. The van der Waals surface area contributed by atoms with Crippen molar-refractivity contribution >= 4 is 17.8 Å². The minimum Gasteiger partial charge on any atom is -0.459 e. The topological polar surface area (TPSA) is 87.5 Å². The van der Waals surface area contributed by atoms with Gasteiger partial charge in [-0.15, -0.1) is 0 Å². The number of ether oxygens (including phenoxy) is 1. The van der Waals surface area contributed by atoms with Crippen molar-refractivity contribution in [2.45, 2.75) is 32.3 Å². The third-order valence-corrected chi connectivity index (χ3v) is 5.93. The molecule has 2 fully saturated rings. The molecule has 2 unspecified atom stereocenters. The van der Waals surface area contributed by atoms with Crippen LogP contribution in [0.25, 0.3) is 11.1 Å². The summed E-state index contributed by atoms with van der Waals surface area (Å²) in [5.74, 6) is -1.58. The molecule has 30 heavy (non-hydrogen) atoms. The number of rotatable bonds is 5. The zero-order valence-corrected chi connectivity index (χ0v) is 16.5. The van der Waals surface area contributed by atoms with Crippen LogP contribution in [0.4, 0.5) is 0 Å². The van der Waals surface area contributed by atoms with Gasteiger partial charge in [-0.2, -0.15) is 5.26 Å². The summed E-state index contributed by atoms with van der Waals surface area (Å²) in [5, 5.41) is 9.24. The van der Waals surface area contributed by atoms with Crippen LogP contribution in [-0.2, 0) is 25.7 Å². The second-order valence-electron chi connectivity index (χ2n) is 7.78. The van der Waals surface area contributed by atoms with Gasteiger partial charge < -0.3 is 4.74 Å². The van der Waals surface area contributed by atoms with Crippen LogP contribution in [0.1, 0.15) is 36.8 Å². The summed E-state index contributed by atoms with van der Waals surface area (Å²) >= 11 is 0. The molecule has 1 aliphatic heterocycles. The monoisotopic (exact) mass is 402 g/mol. The molecular weight excluding hydrogens is 380 g/mol. The first-order valence-corrected chi connectivity index (χ1v) is 10.2. The predicted molar refractivity (Wildman–Crippen MR) is 109 cm³/mol. The molecule has 152 valence electrons. The molecule has 2 aromatic rings. The molecule has 2 aliphatic rings. The highest BCUT2D eigenvalue weighted by atomic mass is 16.5. The summed E-state index contributed by atoms with van der Waals surface area (Å²) < 4.78 is 5.29. The van der Waals surface area contributed by atoms with E-state index in [9.17, 15) is 19.6 Å². The first-order chi connectivity index (χ1) is 14.6. The Morgan fingerprint density at radius 2 is 1.63 bits per heavy atom. The number of carbonyl (C=O) groups is 3. The SMILES string of the molecule is N#Cc1ccccc1-c1ccc(COC(=O)CN2C(=O)C3CCCCC3C2=O)cc1. The molecule has 2 amide bonds. The number of nitriles is 1. The van der Waals surface area contributed by atoms with Gasteiger partial charge in [0, 0.05) is 0 Å². The van der Waals surface area contributed by atoms with Crippen molar-refractivity contribution in [3.05, 3.63) is 59.7 Å². The van der Waals surface area contributed by atoms with Gasteiger partial charge in [-0.05, 0) is 35.6 Å². The van der Waals surface area contributed by atoms with Crippen molar-refractivity contribution in [2.24, 2.45) is 11.8 Å². The maximum atomic E-state index is 12.5. The average molecular weight is 402 g/mol. The van der Waals surface area contributed by atoms with Gasteiger partial charge in [0.1, 0.15) is 13.2 Å². The van der Waals surface area contributed by atoms with Gasteiger partial charge in [0.2, 0.25) is 11.8 Å². The maximum absolute atomic E-state index is 12.5. The van der Waals surface area contributed by atoms with Crippen molar-refractivity contribution in [1.82, 2.24) is 4.90 Å². The third kappa shape index (κ3) is 3.84. The van der Waals surface area contributed by atoms with E-state index in [0.717, 1.165) is 47.3 Å². The summed E-state index contributed by atoms with van der Waals surface area (Å²) in [6, 6.07) is 16.9. The smallest absolute Gasteiger partial charge is 0.326 e. The van der Waals surface area contributed by atoms with Gasteiger partial charge in [0.25, 0.3) is 0 Å². The molecule has 1 saturated carbocycles. The third-order valence-electron chi connectivity index (χ3n) is 5.93. The summed E-state index contributed by atoms with van der Waals surface area (Å²) in [6.07, 6.45) is 3.35. The lowest BCUT2D eigenvalue weighted by atomic mass is 9.81. The number of benzene rings is 2. The molecule has 0 aromatic heterocycles. The minimum atomic E-state index is -0.589. The average Bonchev–Trinajstić information content (AvgIpc) is 3.03. The summed E-state index contributed by atoms with van der Waals surface area (Å²) in [6.45, 7) is -0.264. The van der Waals surface area contributed by atoms with E-state index in [2.05, 4.69) is 6.07 Å². The van der Waals surface area contributed by atoms with Crippen LogP contribution >= 0.6 is 0 Å². The van der Waals surface area contributed by atoms with Crippen molar-refractivity contribution in [1.29, 1.82) is 5.26 Å². The van der Waals surface area contributed by atoms with Gasteiger partial charge in [0.15, 0.2) is 0 Å². The molecule has 6 nitrogen and oxygen atoms in total. The lowest BCUT2D eigenvalue weighted by Gasteiger charge is -2.19. The normalized spacial score (nSPS) is 20.6. The van der Waals surface area contributed by atoms with Gasteiger partial charge in [0.05, 0.1) is 23.5 Å². The van der Waals surface area contributed by atoms with E-state index in [-0.39, 0.29) is 36.8 Å². The fourth-order valence-electron chi connectivity index (χ4n) is 4.34. The van der Waals surface area contributed by atoms with Crippen molar-refractivity contribution in [3.8, 4) is 17.2 Å². The van der Waals surface area contributed by atoms with Crippen LogP contribution in [-0.4, -0.2) is 29.2 Å². The van der Waals surface area contributed by atoms with Crippen LogP contribution in [0.5, 0.6) is 0 Å². The number of fused-ring (bicyclic) bond motifs is 1. The Morgan fingerprint density at radius 1 is 1.00 bits per heavy atom. The molecule has 1 aliphatic carbocycles. The van der Waals surface area contributed by atoms with E-state index in [1.165, 1.54) is 0 Å². The summed E-state index contributed by atoms with van der Waals surface area (Å²) in [4.78, 5) is 38.2. The molecule has 0 spiro atoms. The number of hydrogen-bond donors (Lipinski definition) is 0. The highest BCUT2D eigenvalue weighted by molar-refractivity contribution is 6.07. The number of hydrogen-bond acceptors (Lipinski definition) is 5. The number of likely N-dealkylation sites (tertiary alicyclic amines) is 1. The van der Waals surface area contributed by atoms with E-state index < -0.39 is 5.97 Å².